The molecule has 29 heavy (non-hydrogen) atoms. The predicted molar refractivity (Wildman–Crippen MR) is 111 cm³/mol. The number of aliphatic hydroxyl groups is 1. The van der Waals surface area contributed by atoms with Crippen LogP contribution in [0.1, 0.15) is 27.0 Å². The number of aromatic nitrogens is 4. The molecule has 11 nitrogen and oxygen atoms in total. The fraction of sp³-hybridized carbons (Fsp3) is 0.688. The number of rotatable bonds is 5. The number of ether oxygens (including phenoxy) is 1. The van der Waals surface area contributed by atoms with E-state index in [0.717, 1.165) is 0 Å². The van der Waals surface area contributed by atoms with Crippen LogP contribution in [0.15, 0.2) is 11.4 Å². The number of halogens is 1. The highest BCUT2D eigenvalue weighted by Crippen LogP contribution is 2.42. The first-order valence-corrected chi connectivity index (χ1v) is 12.4. The summed E-state index contributed by atoms with van der Waals surface area (Å²) in [6.45, 7) is 10.2. The summed E-state index contributed by atoms with van der Waals surface area (Å²) in [6.07, 6.45) is -0.640. The fourth-order valence-electron chi connectivity index (χ4n) is 3.04. The van der Waals surface area contributed by atoms with Crippen molar-refractivity contribution in [3.8, 4) is 0 Å². The molecule has 2 aromatic heterocycles. The van der Waals surface area contributed by atoms with Crippen molar-refractivity contribution in [3.63, 3.8) is 0 Å². The maximum Gasteiger partial charge on any atom is 0.226 e. The van der Waals surface area contributed by atoms with E-state index in [2.05, 4.69) is 58.8 Å². The van der Waals surface area contributed by atoms with Crippen molar-refractivity contribution in [3.05, 3.63) is 22.1 Å². The number of hydrogen-bond donors (Lipinski definition) is 2. The third kappa shape index (κ3) is 3.91. The topological polar surface area (TPSA) is 157 Å². The van der Waals surface area contributed by atoms with Gasteiger partial charge in [0.25, 0.3) is 0 Å². The second-order valence-corrected chi connectivity index (χ2v) is 13.6. The molecule has 2 unspecified atom stereocenters. The van der Waals surface area contributed by atoms with Crippen LogP contribution in [0.4, 0.5) is 5.82 Å². The van der Waals surface area contributed by atoms with Crippen molar-refractivity contribution in [2.45, 2.75) is 63.4 Å². The molecule has 0 saturated carbocycles. The minimum Gasteiger partial charge on any atom is -0.411 e. The predicted octanol–water partition coefficient (Wildman–Crippen LogP) is 3.02. The maximum atomic E-state index is 9.92. The molecule has 0 bridgehead atoms. The lowest BCUT2D eigenvalue weighted by atomic mass is 10.1. The first-order valence-electron chi connectivity index (χ1n) is 9.14. The number of nitrogens with two attached hydrogens (primary N) is 1. The van der Waals surface area contributed by atoms with E-state index in [-0.39, 0.29) is 22.7 Å². The maximum absolute atomic E-state index is 9.92. The van der Waals surface area contributed by atoms with Gasteiger partial charge in [0.1, 0.15) is 23.9 Å². The van der Waals surface area contributed by atoms with E-state index < -0.39 is 32.8 Å². The van der Waals surface area contributed by atoms with Gasteiger partial charge in [-0.15, -0.1) is 0 Å². The highest BCUT2D eigenvalue weighted by atomic mass is 35.5. The van der Waals surface area contributed by atoms with Crippen LogP contribution in [0, 0.1) is 0 Å². The van der Waals surface area contributed by atoms with E-state index in [1.807, 2.05) is 0 Å². The number of nitrogens with zero attached hydrogens (tertiary/aromatic N) is 7. The molecule has 0 aliphatic carbocycles. The summed E-state index contributed by atoms with van der Waals surface area (Å²) in [7, 11) is -2.25. The van der Waals surface area contributed by atoms with Crippen molar-refractivity contribution in [1.82, 2.24) is 19.5 Å². The van der Waals surface area contributed by atoms with Gasteiger partial charge in [-0.3, -0.25) is 4.57 Å². The Hall–Kier alpha value is -1.95. The fourth-order valence-corrected chi connectivity index (χ4v) is 4.53. The van der Waals surface area contributed by atoms with Crippen molar-refractivity contribution >= 4 is 36.9 Å². The van der Waals surface area contributed by atoms with E-state index in [1.165, 1.54) is 6.33 Å². The summed E-state index contributed by atoms with van der Waals surface area (Å²) in [5, 5.41) is 13.7. The molecule has 3 N–H and O–H groups in total. The van der Waals surface area contributed by atoms with Crippen LogP contribution in [-0.4, -0.2) is 57.8 Å². The Morgan fingerprint density at radius 2 is 2.14 bits per heavy atom. The Morgan fingerprint density at radius 1 is 1.45 bits per heavy atom. The van der Waals surface area contributed by atoms with Crippen LogP contribution in [0.25, 0.3) is 21.6 Å². The smallest absolute Gasteiger partial charge is 0.226 e. The normalized spacial score (nSPS) is 25.3. The number of imidazole rings is 1. The lowest BCUT2D eigenvalue weighted by Gasteiger charge is -2.40. The molecule has 2 aromatic rings. The molecular weight excluding hydrogens is 416 g/mol. The Balaban J connectivity index is 2.06. The van der Waals surface area contributed by atoms with E-state index in [9.17, 15) is 10.6 Å². The first-order chi connectivity index (χ1) is 13.5. The minimum atomic E-state index is -2.25. The number of aliphatic hydroxyl groups excluding tert-OH is 1. The van der Waals surface area contributed by atoms with Gasteiger partial charge in [0.15, 0.2) is 19.8 Å². The highest BCUT2D eigenvalue weighted by molar-refractivity contribution is 6.74. The molecule has 13 heteroatoms. The zero-order valence-corrected chi connectivity index (χ0v) is 18.7. The third-order valence-electron chi connectivity index (χ3n) is 5.61. The van der Waals surface area contributed by atoms with Crippen LogP contribution >= 0.6 is 11.6 Å². The van der Waals surface area contributed by atoms with Gasteiger partial charge in [0, 0.05) is 4.91 Å². The average Bonchev–Trinajstić information content (AvgIpc) is 3.16. The van der Waals surface area contributed by atoms with Crippen molar-refractivity contribution in [2.75, 3.05) is 12.3 Å². The molecule has 0 amide bonds. The van der Waals surface area contributed by atoms with Gasteiger partial charge in [-0.05, 0) is 35.3 Å². The second kappa shape index (κ2) is 7.71. The number of anilines is 1. The highest BCUT2D eigenvalue weighted by Gasteiger charge is 2.50. The van der Waals surface area contributed by atoms with Gasteiger partial charge in [-0.25, -0.2) is 4.98 Å². The number of fused-ring (bicyclic) bond motifs is 1. The molecular formula is C16H25ClN8O3Si. The number of azide groups is 1. The van der Waals surface area contributed by atoms with Crippen LogP contribution < -0.4 is 5.73 Å². The Bertz CT molecular complexity index is 956. The molecule has 0 aromatic carbocycles. The molecule has 0 radical (unpaired) electrons. The van der Waals surface area contributed by atoms with E-state index >= 15 is 0 Å². The van der Waals surface area contributed by atoms with Gasteiger partial charge in [-0.1, -0.05) is 25.9 Å². The van der Waals surface area contributed by atoms with E-state index in [1.54, 1.807) is 4.57 Å². The summed E-state index contributed by atoms with van der Waals surface area (Å²) < 4.78 is 14.1. The Morgan fingerprint density at radius 3 is 2.72 bits per heavy atom. The Labute approximate surface area is 174 Å². The minimum absolute atomic E-state index is 0.0390. The lowest BCUT2D eigenvalue weighted by Crippen LogP contribution is -2.49. The largest absolute Gasteiger partial charge is 0.411 e. The summed E-state index contributed by atoms with van der Waals surface area (Å²) in [4.78, 5) is 15.3. The van der Waals surface area contributed by atoms with Crippen LogP contribution in [-0.2, 0) is 9.16 Å². The van der Waals surface area contributed by atoms with Gasteiger partial charge in [-0.2, -0.15) is 9.97 Å². The summed E-state index contributed by atoms with van der Waals surface area (Å²) in [5.41, 5.74) is 15.8. The van der Waals surface area contributed by atoms with Crippen molar-refractivity contribution < 1.29 is 14.3 Å². The quantitative estimate of drug-likeness (QED) is 0.237. The summed E-state index contributed by atoms with van der Waals surface area (Å²) >= 11 is 5.95. The molecule has 3 heterocycles. The van der Waals surface area contributed by atoms with Crippen LogP contribution in [0.2, 0.25) is 23.4 Å². The van der Waals surface area contributed by atoms with Crippen molar-refractivity contribution in [2.24, 2.45) is 5.11 Å². The number of hydrogen-bond acceptors (Lipinski definition) is 8. The summed E-state index contributed by atoms with van der Waals surface area (Å²) in [5.74, 6) is 0.130. The van der Waals surface area contributed by atoms with Crippen LogP contribution in [0.5, 0.6) is 0 Å². The molecule has 1 aliphatic heterocycles. The molecule has 3 rings (SSSR count). The standard InChI is InChI=1S/C16H25ClN8O3Si/c1-16(2,3)29(4,5)28-11-8(6-26)27-14(9(11)23-24-19)25-7-20-10-12(18)21-15(17)22-13(10)25/h7-9,11,14,26H,6H2,1-5H3,(H2,18,21,22)/t8-,9?,11?,14-/m1/s1. The third-order valence-corrected chi connectivity index (χ3v) is 10.2. The molecule has 1 fully saturated rings. The molecule has 1 aliphatic rings. The molecule has 0 spiro atoms. The van der Waals surface area contributed by atoms with Crippen LogP contribution in [0.3, 0.4) is 0 Å². The monoisotopic (exact) mass is 440 g/mol. The van der Waals surface area contributed by atoms with Gasteiger partial charge >= 0.3 is 0 Å². The zero-order chi connectivity index (χ0) is 21.6. The van der Waals surface area contributed by atoms with Gasteiger partial charge < -0.3 is 20.0 Å². The zero-order valence-electron chi connectivity index (χ0n) is 16.9. The van der Waals surface area contributed by atoms with E-state index in [4.69, 9.17) is 26.5 Å². The van der Waals surface area contributed by atoms with Crippen molar-refractivity contribution in [1.29, 1.82) is 0 Å². The van der Waals surface area contributed by atoms with E-state index in [0.29, 0.717) is 11.2 Å². The van der Waals surface area contributed by atoms with Gasteiger partial charge in [0.05, 0.1) is 19.0 Å². The molecule has 158 valence electrons. The SMILES string of the molecule is CC(C)(C)[Si](C)(C)OC1C(N=[N+]=[N-])[C@H](n2cnc3c(N)nc(Cl)nc32)O[C@@H]1CO. The lowest BCUT2D eigenvalue weighted by molar-refractivity contribution is -0.0416. The van der Waals surface area contributed by atoms with Gasteiger partial charge in [0.2, 0.25) is 5.28 Å². The summed E-state index contributed by atoms with van der Waals surface area (Å²) in [6, 6.07) is -0.751. The average molecular weight is 441 g/mol. The second-order valence-electron chi connectivity index (χ2n) is 8.49. The Kier molecular flexibility index (Phi) is 5.78. The molecule has 1 saturated heterocycles. The molecule has 4 atom stereocenters. The number of nitrogen functional groups attached to an aromatic ring is 1. The first kappa shape index (κ1) is 21.7.